The molecule has 0 spiro atoms. The zero-order chi connectivity index (χ0) is 20.6. The summed E-state index contributed by atoms with van der Waals surface area (Å²) in [6.45, 7) is 3.86. The van der Waals surface area contributed by atoms with Crippen molar-refractivity contribution in [2.75, 3.05) is 40.5 Å². The van der Waals surface area contributed by atoms with Crippen molar-refractivity contribution < 1.29 is 24.1 Å². The van der Waals surface area contributed by atoms with Crippen molar-refractivity contribution in [3.05, 3.63) is 53.6 Å². The van der Waals surface area contributed by atoms with Crippen LogP contribution >= 0.6 is 0 Å². The fourth-order valence-electron chi connectivity index (χ4n) is 3.71. The van der Waals surface area contributed by atoms with E-state index in [1.54, 1.807) is 32.4 Å². The Bertz CT molecular complexity index is 817. The summed E-state index contributed by atoms with van der Waals surface area (Å²) in [6, 6.07) is 12.9. The van der Waals surface area contributed by atoms with Crippen LogP contribution in [0, 0.1) is 0 Å². The predicted molar refractivity (Wildman–Crippen MR) is 111 cm³/mol. The van der Waals surface area contributed by atoms with Gasteiger partial charge >= 0.3 is 5.97 Å². The predicted octanol–water partition coefficient (Wildman–Crippen LogP) is 3.59. The van der Waals surface area contributed by atoms with Gasteiger partial charge in [0.1, 0.15) is 12.4 Å². The van der Waals surface area contributed by atoms with Gasteiger partial charge in [0.2, 0.25) is 0 Å². The van der Waals surface area contributed by atoms with E-state index in [-0.39, 0.29) is 0 Å². The van der Waals surface area contributed by atoms with Crippen molar-refractivity contribution >= 4 is 5.97 Å². The minimum absolute atomic E-state index is 0.369. The molecule has 0 radical (unpaired) electrons. The summed E-state index contributed by atoms with van der Waals surface area (Å²) < 4.78 is 16.5. The monoisotopic (exact) mass is 399 g/mol. The summed E-state index contributed by atoms with van der Waals surface area (Å²) in [6.07, 6.45) is 2.90. The Morgan fingerprint density at radius 3 is 2.52 bits per heavy atom. The molecule has 3 rings (SSSR count). The smallest absolute Gasteiger partial charge is 0.311 e. The van der Waals surface area contributed by atoms with E-state index < -0.39 is 11.9 Å². The second kappa shape index (κ2) is 10.2. The molecule has 1 saturated heterocycles. The maximum absolute atomic E-state index is 12.0. The average molecular weight is 399 g/mol. The maximum Gasteiger partial charge on any atom is 0.311 e. The van der Waals surface area contributed by atoms with Crippen LogP contribution in [0.15, 0.2) is 42.5 Å². The van der Waals surface area contributed by atoms with Gasteiger partial charge in [-0.25, -0.2) is 0 Å². The molecule has 29 heavy (non-hydrogen) atoms. The summed E-state index contributed by atoms with van der Waals surface area (Å²) in [7, 11) is 3.10. The van der Waals surface area contributed by atoms with Gasteiger partial charge in [0.05, 0.1) is 20.1 Å². The van der Waals surface area contributed by atoms with Crippen LogP contribution < -0.4 is 14.2 Å². The molecule has 1 aliphatic heterocycles. The molecular weight excluding hydrogens is 370 g/mol. The van der Waals surface area contributed by atoms with Crippen LogP contribution in [-0.4, -0.2) is 56.4 Å². The molecule has 1 aliphatic rings. The number of benzene rings is 2. The van der Waals surface area contributed by atoms with Crippen LogP contribution in [0.2, 0.25) is 0 Å². The third-order valence-corrected chi connectivity index (χ3v) is 5.32. The van der Waals surface area contributed by atoms with Crippen molar-refractivity contribution in [1.29, 1.82) is 0 Å². The molecule has 6 nitrogen and oxygen atoms in total. The molecule has 1 N–H and O–H groups in total. The standard InChI is InChI=1S/C23H29NO5/c1-27-21-9-8-18(16-22(21)28-2)20(23(25)26)15-17-6-5-7-19(14-17)29-13-12-24-10-3-4-11-24/h5-9,14,16,20H,3-4,10-13,15H2,1-2H3,(H,25,26). The van der Waals surface area contributed by atoms with Crippen molar-refractivity contribution in [3.63, 3.8) is 0 Å². The number of carboxylic acid groups (broad SMARTS) is 1. The summed E-state index contributed by atoms with van der Waals surface area (Å²) in [5.41, 5.74) is 1.60. The van der Waals surface area contributed by atoms with Gasteiger partial charge in [0.15, 0.2) is 11.5 Å². The third-order valence-electron chi connectivity index (χ3n) is 5.32. The number of methoxy groups -OCH3 is 2. The van der Waals surface area contributed by atoms with E-state index in [4.69, 9.17) is 14.2 Å². The molecule has 0 aromatic heterocycles. The molecule has 0 saturated carbocycles. The Morgan fingerprint density at radius 1 is 1.07 bits per heavy atom. The Morgan fingerprint density at radius 2 is 1.83 bits per heavy atom. The van der Waals surface area contributed by atoms with Gasteiger partial charge in [0, 0.05) is 6.54 Å². The lowest BCUT2D eigenvalue weighted by Gasteiger charge is -2.17. The second-order valence-corrected chi connectivity index (χ2v) is 7.25. The highest BCUT2D eigenvalue weighted by molar-refractivity contribution is 5.77. The first-order valence-electron chi connectivity index (χ1n) is 9.99. The van der Waals surface area contributed by atoms with Gasteiger partial charge in [0.25, 0.3) is 0 Å². The van der Waals surface area contributed by atoms with E-state index in [0.29, 0.717) is 30.1 Å². The fourth-order valence-corrected chi connectivity index (χ4v) is 3.71. The second-order valence-electron chi connectivity index (χ2n) is 7.25. The zero-order valence-corrected chi connectivity index (χ0v) is 17.1. The fraction of sp³-hybridized carbons (Fsp3) is 0.435. The molecule has 1 atom stereocenters. The topological polar surface area (TPSA) is 68.2 Å². The quantitative estimate of drug-likeness (QED) is 0.659. The molecule has 6 heteroatoms. The van der Waals surface area contributed by atoms with Gasteiger partial charge in [-0.15, -0.1) is 0 Å². The molecule has 1 unspecified atom stereocenters. The summed E-state index contributed by atoms with van der Waals surface area (Å²) in [5.74, 6) is 0.314. The van der Waals surface area contributed by atoms with E-state index in [1.807, 2.05) is 24.3 Å². The molecule has 2 aromatic carbocycles. The zero-order valence-electron chi connectivity index (χ0n) is 17.1. The van der Waals surface area contributed by atoms with Gasteiger partial charge < -0.3 is 19.3 Å². The van der Waals surface area contributed by atoms with E-state index in [9.17, 15) is 9.90 Å². The van der Waals surface area contributed by atoms with E-state index in [1.165, 1.54) is 12.8 Å². The number of likely N-dealkylation sites (tertiary alicyclic amines) is 1. The summed E-state index contributed by atoms with van der Waals surface area (Å²) in [5, 5.41) is 9.80. The Kier molecular flexibility index (Phi) is 7.36. The first-order valence-corrected chi connectivity index (χ1v) is 9.99. The lowest BCUT2D eigenvalue weighted by Crippen LogP contribution is -2.25. The van der Waals surface area contributed by atoms with Gasteiger partial charge in [-0.2, -0.15) is 0 Å². The largest absolute Gasteiger partial charge is 0.493 e. The van der Waals surface area contributed by atoms with E-state index in [2.05, 4.69) is 4.90 Å². The van der Waals surface area contributed by atoms with Gasteiger partial charge in [-0.05, 0) is 67.7 Å². The SMILES string of the molecule is COc1ccc(C(Cc2cccc(OCCN3CCCC3)c2)C(=O)O)cc1OC. The van der Waals surface area contributed by atoms with Crippen molar-refractivity contribution in [1.82, 2.24) is 4.90 Å². The van der Waals surface area contributed by atoms with Crippen LogP contribution in [0.5, 0.6) is 17.2 Å². The molecule has 1 heterocycles. The first kappa shape index (κ1) is 21.0. The van der Waals surface area contributed by atoms with Crippen LogP contribution in [0.1, 0.15) is 29.9 Å². The minimum atomic E-state index is -0.877. The highest BCUT2D eigenvalue weighted by Crippen LogP contribution is 2.32. The highest BCUT2D eigenvalue weighted by atomic mass is 16.5. The first-order chi connectivity index (χ1) is 14.1. The van der Waals surface area contributed by atoms with Crippen LogP contribution in [-0.2, 0) is 11.2 Å². The van der Waals surface area contributed by atoms with Crippen molar-refractivity contribution in [2.24, 2.45) is 0 Å². The average Bonchev–Trinajstić information content (AvgIpc) is 3.25. The number of nitrogens with zero attached hydrogens (tertiary/aromatic N) is 1. The van der Waals surface area contributed by atoms with E-state index in [0.717, 1.165) is 30.9 Å². The Hall–Kier alpha value is -2.73. The normalized spacial score (nSPS) is 15.1. The number of hydrogen-bond acceptors (Lipinski definition) is 5. The van der Waals surface area contributed by atoms with Crippen molar-refractivity contribution in [3.8, 4) is 17.2 Å². The summed E-state index contributed by atoms with van der Waals surface area (Å²) >= 11 is 0. The highest BCUT2D eigenvalue weighted by Gasteiger charge is 2.22. The van der Waals surface area contributed by atoms with Crippen molar-refractivity contribution in [2.45, 2.75) is 25.2 Å². The summed E-state index contributed by atoms with van der Waals surface area (Å²) in [4.78, 5) is 14.4. The number of carboxylic acids is 1. The molecule has 0 bridgehead atoms. The van der Waals surface area contributed by atoms with Crippen LogP contribution in [0.25, 0.3) is 0 Å². The molecule has 0 amide bonds. The van der Waals surface area contributed by atoms with Crippen LogP contribution in [0.4, 0.5) is 0 Å². The number of ether oxygens (including phenoxy) is 3. The maximum atomic E-state index is 12.0. The Balaban J connectivity index is 1.68. The molecule has 156 valence electrons. The van der Waals surface area contributed by atoms with Gasteiger partial charge in [-0.1, -0.05) is 18.2 Å². The Labute approximate surface area is 172 Å². The third kappa shape index (κ3) is 5.64. The number of rotatable bonds is 10. The number of hydrogen-bond donors (Lipinski definition) is 1. The van der Waals surface area contributed by atoms with E-state index >= 15 is 0 Å². The number of carbonyl (C=O) groups is 1. The molecule has 0 aliphatic carbocycles. The molecule has 1 fully saturated rings. The van der Waals surface area contributed by atoms with Crippen LogP contribution in [0.3, 0.4) is 0 Å². The number of aliphatic carboxylic acids is 1. The lowest BCUT2D eigenvalue weighted by molar-refractivity contribution is -0.138. The molecule has 2 aromatic rings. The van der Waals surface area contributed by atoms with Gasteiger partial charge in [-0.3, -0.25) is 9.69 Å². The lowest BCUT2D eigenvalue weighted by atomic mass is 9.91. The minimum Gasteiger partial charge on any atom is -0.493 e. The molecular formula is C23H29NO5.